The van der Waals surface area contributed by atoms with Gasteiger partial charge in [-0.1, -0.05) is 24.5 Å². The van der Waals surface area contributed by atoms with Crippen molar-refractivity contribution in [1.29, 1.82) is 0 Å². The van der Waals surface area contributed by atoms with Gasteiger partial charge in [0, 0.05) is 49.9 Å². The van der Waals surface area contributed by atoms with Crippen LogP contribution in [0.5, 0.6) is 0 Å². The van der Waals surface area contributed by atoms with Crippen LogP contribution in [0.3, 0.4) is 0 Å². The topological polar surface area (TPSA) is 112 Å². The maximum Gasteiger partial charge on any atom is 0.407 e. The van der Waals surface area contributed by atoms with E-state index in [0.717, 1.165) is 82.6 Å². The largest absolute Gasteiger partial charge is 0.453 e. The molecule has 7 rings (SSSR count). The van der Waals surface area contributed by atoms with Crippen molar-refractivity contribution in [3.63, 3.8) is 0 Å². The highest BCUT2D eigenvalue weighted by molar-refractivity contribution is 7.91. The van der Waals surface area contributed by atoms with Gasteiger partial charge in [-0.3, -0.25) is 4.79 Å². The van der Waals surface area contributed by atoms with Gasteiger partial charge in [-0.05, 0) is 131 Å². The average Bonchev–Trinajstić information content (AvgIpc) is 3.60. The summed E-state index contributed by atoms with van der Waals surface area (Å²) in [5.41, 5.74) is 1.32. The Balaban J connectivity index is 1.01. The Bertz CT molecular complexity index is 1870. The van der Waals surface area contributed by atoms with Gasteiger partial charge in [-0.15, -0.1) is 0 Å². The molecule has 4 heterocycles. The molecule has 0 bridgehead atoms. The lowest BCUT2D eigenvalue weighted by Crippen LogP contribution is -2.68. The third-order valence-corrected chi connectivity index (χ3v) is 15.1. The van der Waals surface area contributed by atoms with E-state index in [-0.39, 0.29) is 51.4 Å². The number of alkyl carbamates (subject to hydrolysis) is 1. The maximum absolute atomic E-state index is 15.1. The third kappa shape index (κ3) is 8.11. The molecule has 4 aliphatic heterocycles. The number of rotatable bonds is 13. The number of benzene rings is 2. The Kier molecular flexibility index (Phi) is 11.8. The fourth-order valence-corrected chi connectivity index (χ4v) is 11.7. The molecular formula is C42H56FN5O6S. The molecule has 55 heavy (non-hydrogen) atoms. The second-order valence-corrected chi connectivity index (χ2v) is 18.4. The summed E-state index contributed by atoms with van der Waals surface area (Å²) in [6.07, 6.45) is 6.22. The van der Waals surface area contributed by atoms with E-state index in [1.54, 1.807) is 37.1 Å². The van der Waals surface area contributed by atoms with Crippen LogP contribution in [-0.4, -0.2) is 132 Å². The molecule has 0 aromatic heterocycles. The predicted octanol–water partition coefficient (Wildman–Crippen LogP) is 4.31. The molecule has 1 aliphatic carbocycles. The van der Waals surface area contributed by atoms with Crippen LogP contribution in [0, 0.1) is 29.5 Å². The smallest absolute Gasteiger partial charge is 0.407 e. The van der Waals surface area contributed by atoms with Gasteiger partial charge in [0.2, 0.25) is 0 Å². The molecule has 4 saturated heterocycles. The molecule has 5 aliphatic rings. The fraction of sp³-hybridized carbons (Fsp3) is 0.619. The van der Waals surface area contributed by atoms with Gasteiger partial charge in [-0.2, -0.15) is 0 Å². The quantitative estimate of drug-likeness (QED) is 0.298. The molecule has 1 N–H and O–H groups in total. The maximum atomic E-state index is 15.1. The zero-order valence-corrected chi connectivity index (χ0v) is 33.3. The van der Waals surface area contributed by atoms with E-state index in [2.05, 4.69) is 37.9 Å². The minimum Gasteiger partial charge on any atom is -0.453 e. The highest BCUT2D eigenvalue weighted by Gasteiger charge is 2.54. The number of halogens is 1. The van der Waals surface area contributed by atoms with E-state index in [0.29, 0.717) is 32.0 Å². The Morgan fingerprint density at radius 3 is 2.29 bits per heavy atom. The molecule has 0 unspecified atom stereocenters. The number of methoxy groups -OCH3 is 2. The second kappa shape index (κ2) is 16.4. The molecule has 0 radical (unpaired) electrons. The summed E-state index contributed by atoms with van der Waals surface area (Å²) in [6, 6.07) is 13.9. The van der Waals surface area contributed by atoms with Crippen LogP contribution < -0.4 is 10.2 Å². The van der Waals surface area contributed by atoms with E-state index in [1.807, 2.05) is 18.2 Å². The third-order valence-electron chi connectivity index (χ3n) is 13.3. The lowest BCUT2D eigenvalue weighted by atomic mass is 9.57. The first-order chi connectivity index (χ1) is 26.5. The minimum atomic E-state index is -3.57. The van der Waals surface area contributed by atoms with Crippen LogP contribution >= 0.6 is 0 Å². The Morgan fingerprint density at radius 1 is 0.945 bits per heavy atom. The van der Waals surface area contributed by atoms with E-state index >= 15 is 4.39 Å². The normalized spacial score (nSPS) is 25.4. The van der Waals surface area contributed by atoms with Crippen LogP contribution in [0.25, 0.3) is 0 Å². The monoisotopic (exact) mass is 777 g/mol. The predicted molar refractivity (Wildman–Crippen MR) is 209 cm³/mol. The molecule has 11 nitrogen and oxygen atoms in total. The number of ether oxygens (including phenoxy) is 2. The summed E-state index contributed by atoms with van der Waals surface area (Å²) in [6.45, 7) is 9.04. The molecule has 2 amide bonds. The molecular weight excluding hydrogens is 722 g/mol. The number of carbonyl (C=O) groups is 2. The number of amides is 2. The van der Waals surface area contributed by atoms with Gasteiger partial charge >= 0.3 is 6.09 Å². The first-order valence-corrected chi connectivity index (χ1v) is 21.6. The summed E-state index contributed by atoms with van der Waals surface area (Å²) in [4.78, 5) is 33.8. The number of nitrogens with one attached hydrogen (secondary N) is 1. The number of carbonyl (C=O) groups excluding carboxylic acids is 2. The minimum absolute atomic E-state index is 0.0356. The molecule has 4 atom stereocenters. The van der Waals surface area contributed by atoms with Crippen molar-refractivity contribution in [2.75, 3.05) is 83.8 Å². The van der Waals surface area contributed by atoms with E-state index in [4.69, 9.17) is 9.47 Å². The summed E-state index contributed by atoms with van der Waals surface area (Å²) in [5, 5.41) is 3.18. The standard InChI is InChI=1S/C42H56FN5O6S/c1-4-8-39(49)48-24-19-35(48)26-55(51,52)36-15-13-34(14-16-36)47-28-41(29-47,54-3)27-46-22-17-31(18-23-46)42(30-45-20-7-21-45,32-9-5-10-33(43)25-32)37-11-6-12-38(37)44-40(50)53-2/h5,9-10,13-16,25,31,35,37-38H,6-7,11-12,17-24,26-30H2,1-3H3,(H,44,50)/t35-,37-,38-,42-/m0/s1. The van der Waals surface area contributed by atoms with Crippen molar-refractivity contribution < 1.29 is 31.9 Å². The average molecular weight is 778 g/mol. The SMILES string of the molecule is CC#CC(=O)N1CC[C@H]1CS(=O)(=O)c1ccc(N2CC(CN3CCC([C@@](CN4CCC4)(c4cccc(F)c4)[C@H]4CCC[C@@H]4NC(=O)OC)CC3)(OC)C2)cc1. The Hall–Kier alpha value is -3.70. The highest BCUT2D eigenvalue weighted by atomic mass is 32.2. The van der Waals surface area contributed by atoms with Crippen molar-refractivity contribution in [2.24, 2.45) is 11.8 Å². The van der Waals surface area contributed by atoms with Gasteiger partial charge < -0.3 is 34.4 Å². The Labute approximate surface area is 325 Å². The van der Waals surface area contributed by atoms with E-state index < -0.39 is 15.9 Å². The second-order valence-electron chi connectivity index (χ2n) is 16.3. The zero-order chi connectivity index (χ0) is 38.8. The number of sulfone groups is 1. The van der Waals surface area contributed by atoms with Crippen LogP contribution in [-0.2, 0) is 29.5 Å². The first kappa shape index (κ1) is 39.5. The van der Waals surface area contributed by atoms with Gasteiger partial charge in [0.1, 0.15) is 11.4 Å². The van der Waals surface area contributed by atoms with E-state index in [1.165, 1.54) is 19.6 Å². The Morgan fingerprint density at radius 2 is 1.69 bits per heavy atom. The lowest BCUT2D eigenvalue weighted by molar-refractivity contribution is -0.131. The molecule has 2 aromatic rings. The van der Waals surface area contributed by atoms with Crippen molar-refractivity contribution in [3.05, 3.63) is 59.9 Å². The molecule has 5 fully saturated rings. The number of anilines is 1. The molecule has 2 aromatic carbocycles. The van der Waals surface area contributed by atoms with Crippen LogP contribution in [0.1, 0.15) is 57.4 Å². The number of piperidine rings is 1. The number of nitrogens with zero attached hydrogens (tertiary/aromatic N) is 4. The van der Waals surface area contributed by atoms with Crippen molar-refractivity contribution >= 4 is 27.5 Å². The summed E-state index contributed by atoms with van der Waals surface area (Å²) >= 11 is 0. The molecule has 13 heteroatoms. The van der Waals surface area contributed by atoms with Crippen molar-refractivity contribution in [2.45, 2.75) is 79.9 Å². The molecule has 0 spiro atoms. The summed E-state index contributed by atoms with van der Waals surface area (Å²) < 4.78 is 52.8. The summed E-state index contributed by atoms with van der Waals surface area (Å²) in [7, 11) is -0.388. The van der Waals surface area contributed by atoms with Crippen LogP contribution in [0.15, 0.2) is 53.4 Å². The number of hydrogen-bond donors (Lipinski definition) is 1. The summed E-state index contributed by atoms with van der Waals surface area (Å²) in [5.74, 6) is 4.93. The van der Waals surface area contributed by atoms with Crippen molar-refractivity contribution in [1.82, 2.24) is 20.0 Å². The van der Waals surface area contributed by atoms with Gasteiger partial charge in [0.05, 0.1) is 30.8 Å². The van der Waals surface area contributed by atoms with Crippen LogP contribution in [0.2, 0.25) is 0 Å². The fourth-order valence-electron chi connectivity index (χ4n) is 10.2. The first-order valence-electron chi connectivity index (χ1n) is 19.9. The molecule has 1 saturated carbocycles. The molecule has 298 valence electrons. The van der Waals surface area contributed by atoms with Gasteiger partial charge in [0.15, 0.2) is 9.84 Å². The van der Waals surface area contributed by atoms with E-state index in [9.17, 15) is 18.0 Å². The number of likely N-dealkylation sites (tertiary alicyclic amines) is 3. The van der Waals surface area contributed by atoms with Crippen molar-refractivity contribution in [3.8, 4) is 11.8 Å². The lowest BCUT2D eigenvalue weighted by Gasteiger charge is -2.55. The number of hydrogen-bond acceptors (Lipinski definition) is 9. The highest BCUT2D eigenvalue weighted by Crippen LogP contribution is 2.51. The van der Waals surface area contributed by atoms with Gasteiger partial charge in [0.25, 0.3) is 5.91 Å². The van der Waals surface area contributed by atoms with Gasteiger partial charge in [-0.25, -0.2) is 17.6 Å². The van der Waals surface area contributed by atoms with Crippen LogP contribution in [0.4, 0.5) is 14.9 Å². The zero-order valence-electron chi connectivity index (χ0n) is 32.5.